The lowest BCUT2D eigenvalue weighted by molar-refractivity contribution is 0.430. The molecule has 0 bridgehead atoms. The molecule has 0 fully saturated rings. The molecule has 0 aromatic heterocycles. The molecule has 1 unspecified atom stereocenters. The van der Waals surface area contributed by atoms with Crippen molar-refractivity contribution in [2.45, 2.75) is 213 Å². The maximum absolute atomic E-state index is 3.40. The quantitative estimate of drug-likeness (QED) is 0.0704. The summed E-state index contributed by atoms with van der Waals surface area (Å²) in [6.07, 6.45) is 42.5. The minimum absolute atomic E-state index is 0.956. The van der Waals surface area contributed by atoms with Crippen LogP contribution in [0.1, 0.15) is 213 Å². The Bertz CT molecular complexity index is 439. The van der Waals surface area contributed by atoms with Gasteiger partial charge in [0.1, 0.15) is 0 Å². The fourth-order valence-corrected chi connectivity index (χ4v) is 5.42. The second-order valence-electron chi connectivity index (χ2n) is 12.0. The topological polar surface area (TPSA) is 0 Å². The molecule has 0 amide bonds. The highest BCUT2D eigenvalue weighted by Crippen LogP contribution is 2.19. The number of rotatable bonds is 29. The molecule has 0 saturated heterocycles. The molecule has 0 aliphatic rings. The van der Waals surface area contributed by atoms with E-state index < -0.39 is 0 Å². The molecule has 0 aliphatic heterocycles. The van der Waals surface area contributed by atoms with Crippen LogP contribution in [0.4, 0.5) is 0 Å². The van der Waals surface area contributed by atoms with E-state index in [1.54, 1.807) is 0 Å². The van der Waals surface area contributed by atoms with Crippen molar-refractivity contribution in [3.05, 3.63) is 0 Å². The van der Waals surface area contributed by atoms with Crippen LogP contribution < -0.4 is 0 Å². The molecule has 0 aliphatic carbocycles. The van der Waals surface area contributed by atoms with E-state index in [9.17, 15) is 0 Å². The van der Waals surface area contributed by atoms with E-state index in [0.29, 0.717) is 0 Å². The zero-order valence-corrected chi connectivity index (χ0v) is 25.8. The Kier molecular flexibility index (Phi) is 32.2. The van der Waals surface area contributed by atoms with Crippen molar-refractivity contribution in [1.29, 1.82) is 0 Å². The van der Waals surface area contributed by atoms with Gasteiger partial charge in [-0.3, -0.25) is 0 Å². The molecule has 0 spiro atoms. The average molecular weight is 503 g/mol. The smallest absolute Gasteiger partial charge is 0.00886 e. The van der Waals surface area contributed by atoms with Gasteiger partial charge in [0.05, 0.1) is 0 Å². The molecule has 0 saturated carbocycles. The van der Waals surface area contributed by atoms with Gasteiger partial charge in [-0.2, -0.15) is 0 Å². The van der Waals surface area contributed by atoms with Crippen LogP contribution in [0.5, 0.6) is 0 Å². The molecule has 0 N–H and O–H groups in total. The summed E-state index contributed by atoms with van der Waals surface area (Å²) in [4.78, 5) is 0. The van der Waals surface area contributed by atoms with Crippen LogP contribution >= 0.6 is 0 Å². The summed E-state index contributed by atoms with van der Waals surface area (Å²) in [7, 11) is 0. The molecule has 0 radical (unpaired) electrons. The largest absolute Gasteiger partial charge is 0.103 e. The van der Waals surface area contributed by atoms with Crippen LogP contribution in [-0.4, -0.2) is 0 Å². The highest BCUT2D eigenvalue weighted by Gasteiger charge is 2.02. The maximum atomic E-state index is 3.40. The predicted molar refractivity (Wildman–Crippen MR) is 167 cm³/mol. The lowest BCUT2D eigenvalue weighted by Crippen LogP contribution is -1.95. The summed E-state index contributed by atoms with van der Waals surface area (Å²) in [5.41, 5.74) is 0. The van der Waals surface area contributed by atoms with E-state index in [-0.39, 0.29) is 0 Å². The van der Waals surface area contributed by atoms with Crippen molar-refractivity contribution >= 4 is 0 Å². The van der Waals surface area contributed by atoms with E-state index in [0.717, 1.165) is 18.8 Å². The van der Waals surface area contributed by atoms with Crippen molar-refractivity contribution in [2.75, 3.05) is 0 Å². The minimum atomic E-state index is 0.956. The molecule has 0 heteroatoms. The number of hydrogen-bond acceptors (Lipinski definition) is 0. The van der Waals surface area contributed by atoms with E-state index in [4.69, 9.17) is 0 Å². The normalized spacial score (nSPS) is 12.0. The predicted octanol–water partition coefficient (Wildman–Crippen LogP) is 13.4. The van der Waals surface area contributed by atoms with Crippen molar-refractivity contribution in [3.8, 4) is 11.8 Å². The standard InChI is InChI=1S/C36H70/c1-4-6-8-10-12-14-16-18-19-20-21-22-23-25-27-29-31-33-35-36(3)34-32-30-28-26-24-17-15-13-11-9-7-5-2/h36H,4-15,17,19-35H2,1-3H3. The zero-order chi connectivity index (χ0) is 26.2. The fraction of sp³-hybridized carbons (Fsp3) is 0.944. The van der Waals surface area contributed by atoms with E-state index in [1.165, 1.54) is 180 Å². The van der Waals surface area contributed by atoms with Crippen LogP contribution in [0, 0.1) is 17.8 Å². The van der Waals surface area contributed by atoms with E-state index in [1.807, 2.05) is 0 Å². The monoisotopic (exact) mass is 503 g/mol. The highest BCUT2D eigenvalue weighted by atomic mass is 14.1. The Balaban J connectivity index is 3.18. The molecule has 0 nitrogen and oxygen atoms in total. The van der Waals surface area contributed by atoms with E-state index in [2.05, 4.69) is 32.6 Å². The first-order chi connectivity index (χ1) is 17.8. The number of unbranched alkanes of at least 4 members (excludes halogenated alkanes) is 25. The Morgan fingerprint density at radius 3 is 0.889 bits per heavy atom. The molecule has 1 atom stereocenters. The zero-order valence-electron chi connectivity index (χ0n) is 25.8. The molecule has 0 heterocycles. The van der Waals surface area contributed by atoms with Gasteiger partial charge in [-0.25, -0.2) is 0 Å². The number of hydrogen-bond donors (Lipinski definition) is 0. The van der Waals surface area contributed by atoms with Gasteiger partial charge in [0.25, 0.3) is 0 Å². The summed E-state index contributed by atoms with van der Waals surface area (Å²) in [5.74, 6) is 7.73. The van der Waals surface area contributed by atoms with Gasteiger partial charge in [-0.15, -0.1) is 11.8 Å². The summed E-state index contributed by atoms with van der Waals surface area (Å²) in [5, 5.41) is 0. The van der Waals surface area contributed by atoms with Gasteiger partial charge in [-0.05, 0) is 18.8 Å². The van der Waals surface area contributed by atoms with Gasteiger partial charge < -0.3 is 0 Å². The van der Waals surface area contributed by atoms with Crippen molar-refractivity contribution in [2.24, 2.45) is 5.92 Å². The highest BCUT2D eigenvalue weighted by molar-refractivity contribution is 4.98. The summed E-state index contributed by atoms with van der Waals surface area (Å²) < 4.78 is 0. The van der Waals surface area contributed by atoms with Gasteiger partial charge >= 0.3 is 0 Å². The molecule has 214 valence electrons. The molecular formula is C36H70. The SMILES string of the molecule is CCCCCCCC#CCCCCCCCCCCCC(C)CCCCCCCCCCCCCC. The summed E-state index contributed by atoms with van der Waals surface area (Å²) >= 11 is 0. The lowest BCUT2D eigenvalue weighted by atomic mass is 9.95. The molecule has 0 aromatic carbocycles. The Labute approximate surface area is 231 Å². The minimum Gasteiger partial charge on any atom is -0.103 e. The second kappa shape index (κ2) is 32.6. The third-order valence-electron chi connectivity index (χ3n) is 8.08. The average Bonchev–Trinajstić information content (AvgIpc) is 2.88. The Hall–Kier alpha value is -0.440. The summed E-state index contributed by atoms with van der Waals surface area (Å²) in [6.45, 7) is 7.08. The van der Waals surface area contributed by atoms with Crippen LogP contribution in [0.15, 0.2) is 0 Å². The van der Waals surface area contributed by atoms with Gasteiger partial charge in [0.15, 0.2) is 0 Å². The first kappa shape index (κ1) is 35.6. The molecule has 36 heavy (non-hydrogen) atoms. The summed E-state index contributed by atoms with van der Waals surface area (Å²) in [6, 6.07) is 0. The van der Waals surface area contributed by atoms with Crippen molar-refractivity contribution in [1.82, 2.24) is 0 Å². The maximum Gasteiger partial charge on any atom is 0.00886 e. The Morgan fingerprint density at radius 2 is 0.583 bits per heavy atom. The van der Waals surface area contributed by atoms with Crippen LogP contribution in [0.2, 0.25) is 0 Å². The molecular weight excluding hydrogens is 432 g/mol. The van der Waals surface area contributed by atoms with Crippen LogP contribution in [-0.2, 0) is 0 Å². The third kappa shape index (κ3) is 31.6. The fourth-order valence-electron chi connectivity index (χ4n) is 5.42. The third-order valence-corrected chi connectivity index (χ3v) is 8.08. The lowest BCUT2D eigenvalue weighted by Gasteiger charge is -2.11. The first-order valence-electron chi connectivity index (χ1n) is 17.3. The van der Waals surface area contributed by atoms with Crippen molar-refractivity contribution < 1.29 is 0 Å². The second-order valence-corrected chi connectivity index (χ2v) is 12.0. The molecule has 0 aromatic rings. The molecule has 0 rings (SSSR count). The van der Waals surface area contributed by atoms with Crippen LogP contribution in [0.3, 0.4) is 0 Å². The van der Waals surface area contributed by atoms with Crippen molar-refractivity contribution in [3.63, 3.8) is 0 Å². The van der Waals surface area contributed by atoms with Crippen LogP contribution in [0.25, 0.3) is 0 Å². The Morgan fingerprint density at radius 1 is 0.333 bits per heavy atom. The van der Waals surface area contributed by atoms with E-state index >= 15 is 0 Å². The van der Waals surface area contributed by atoms with Gasteiger partial charge in [0.2, 0.25) is 0 Å². The van der Waals surface area contributed by atoms with Gasteiger partial charge in [0, 0.05) is 12.8 Å². The first-order valence-corrected chi connectivity index (χ1v) is 17.3. The van der Waals surface area contributed by atoms with Gasteiger partial charge in [-0.1, -0.05) is 188 Å².